The van der Waals surface area contributed by atoms with Gasteiger partial charge in [0.15, 0.2) is 5.82 Å². The summed E-state index contributed by atoms with van der Waals surface area (Å²) in [5.74, 6) is 2.14. The van der Waals surface area contributed by atoms with Gasteiger partial charge in [0.05, 0.1) is 10.7 Å². The minimum absolute atomic E-state index is 0.153. The Morgan fingerprint density at radius 1 is 1.30 bits per heavy atom. The third-order valence-electron chi connectivity index (χ3n) is 5.05. The van der Waals surface area contributed by atoms with Gasteiger partial charge in [-0.05, 0) is 44.0 Å². The summed E-state index contributed by atoms with van der Waals surface area (Å²) in [4.78, 5) is 7.26. The van der Waals surface area contributed by atoms with Gasteiger partial charge in [0.25, 0.3) is 0 Å². The number of thioether (sulfide) groups is 1. The first-order valence-electron chi connectivity index (χ1n) is 8.45. The Balaban J connectivity index is 1.43. The second kappa shape index (κ2) is 6.29. The number of hydrogen-bond donors (Lipinski definition) is 0. The number of likely N-dealkylation sites (tertiary alicyclic amines) is 1. The van der Waals surface area contributed by atoms with Crippen molar-refractivity contribution >= 4 is 11.8 Å². The molecule has 5 heteroatoms. The van der Waals surface area contributed by atoms with Crippen LogP contribution in [0.25, 0.3) is 0 Å². The van der Waals surface area contributed by atoms with E-state index < -0.39 is 0 Å². The van der Waals surface area contributed by atoms with Crippen molar-refractivity contribution in [2.45, 2.75) is 42.9 Å². The molecule has 0 N–H and O–H groups in total. The first kappa shape index (κ1) is 15.2. The summed E-state index contributed by atoms with van der Waals surface area (Å²) >= 11 is 1.86. The molecule has 2 fully saturated rings. The number of benzene rings is 1. The second-order valence-electron chi connectivity index (χ2n) is 6.71. The van der Waals surface area contributed by atoms with Gasteiger partial charge in [0, 0.05) is 13.1 Å². The van der Waals surface area contributed by atoms with E-state index in [2.05, 4.69) is 46.6 Å². The average molecular weight is 329 g/mol. The van der Waals surface area contributed by atoms with Crippen LogP contribution in [-0.4, -0.2) is 34.4 Å². The van der Waals surface area contributed by atoms with Crippen LogP contribution in [-0.2, 0) is 11.3 Å². The van der Waals surface area contributed by atoms with Gasteiger partial charge in [-0.15, -0.1) is 0 Å². The smallest absolute Gasteiger partial charge is 0.231 e. The molecular weight excluding hydrogens is 306 g/mol. The van der Waals surface area contributed by atoms with Gasteiger partial charge in [-0.2, -0.15) is 16.7 Å². The van der Waals surface area contributed by atoms with Crippen LogP contribution in [0.2, 0.25) is 0 Å². The van der Waals surface area contributed by atoms with E-state index in [9.17, 15) is 0 Å². The molecule has 4 rings (SSSR count). The van der Waals surface area contributed by atoms with Crippen LogP contribution >= 0.6 is 11.8 Å². The SMILES string of the molecule is CSC1(c2noc(C3CCCN(Cc4ccccc4)C3)n2)CC1. The molecule has 0 amide bonds. The molecule has 2 heterocycles. The first-order valence-corrected chi connectivity index (χ1v) is 9.67. The van der Waals surface area contributed by atoms with E-state index in [1.807, 2.05) is 11.8 Å². The molecule has 1 aliphatic heterocycles. The van der Waals surface area contributed by atoms with E-state index in [1.54, 1.807) is 0 Å². The van der Waals surface area contributed by atoms with Crippen molar-refractivity contribution in [3.05, 3.63) is 47.6 Å². The van der Waals surface area contributed by atoms with Crippen LogP contribution in [0, 0.1) is 0 Å². The van der Waals surface area contributed by atoms with Gasteiger partial charge in [-0.3, -0.25) is 4.90 Å². The summed E-state index contributed by atoms with van der Waals surface area (Å²) < 4.78 is 5.78. The van der Waals surface area contributed by atoms with Gasteiger partial charge in [-0.1, -0.05) is 35.5 Å². The van der Waals surface area contributed by atoms with Gasteiger partial charge in [-0.25, -0.2) is 0 Å². The van der Waals surface area contributed by atoms with Crippen LogP contribution in [0.4, 0.5) is 0 Å². The van der Waals surface area contributed by atoms with Crippen LogP contribution in [0.15, 0.2) is 34.9 Å². The maximum Gasteiger partial charge on any atom is 0.231 e. The third kappa shape index (κ3) is 3.17. The number of nitrogens with zero attached hydrogens (tertiary/aromatic N) is 3. The molecule has 0 bridgehead atoms. The fraction of sp³-hybridized carbons (Fsp3) is 0.556. The molecule has 1 aromatic carbocycles. The molecule has 1 unspecified atom stereocenters. The maximum atomic E-state index is 5.63. The van der Waals surface area contributed by atoms with Crippen LogP contribution in [0.5, 0.6) is 0 Å². The van der Waals surface area contributed by atoms with E-state index in [1.165, 1.54) is 24.8 Å². The predicted molar refractivity (Wildman–Crippen MR) is 92.4 cm³/mol. The summed E-state index contributed by atoms with van der Waals surface area (Å²) in [6.45, 7) is 3.18. The Kier molecular flexibility index (Phi) is 4.16. The monoisotopic (exact) mass is 329 g/mol. The standard InChI is InChI=1S/C18H23N3OS/c1-23-18(9-10-18)17-19-16(22-20-17)15-8-5-11-21(13-15)12-14-6-3-2-4-7-14/h2-4,6-7,15H,5,8-13H2,1H3. The zero-order chi connectivity index (χ0) is 15.7. The Morgan fingerprint density at radius 3 is 2.87 bits per heavy atom. The zero-order valence-electron chi connectivity index (χ0n) is 13.6. The van der Waals surface area contributed by atoms with Crippen molar-refractivity contribution in [1.82, 2.24) is 15.0 Å². The Bertz CT molecular complexity index is 653. The molecule has 1 saturated heterocycles. The summed E-state index contributed by atoms with van der Waals surface area (Å²) in [5, 5.41) is 4.28. The lowest BCUT2D eigenvalue weighted by Crippen LogP contribution is -2.34. The van der Waals surface area contributed by atoms with Crippen molar-refractivity contribution in [2.24, 2.45) is 0 Å². The van der Waals surface area contributed by atoms with Gasteiger partial charge in [0.1, 0.15) is 0 Å². The molecule has 1 aromatic heterocycles. The fourth-order valence-corrected chi connectivity index (χ4v) is 4.24. The molecule has 0 radical (unpaired) electrons. The second-order valence-corrected chi connectivity index (χ2v) is 7.90. The predicted octanol–water partition coefficient (Wildman–Crippen LogP) is 3.80. The Morgan fingerprint density at radius 2 is 2.13 bits per heavy atom. The molecule has 4 nitrogen and oxygen atoms in total. The van der Waals surface area contributed by atoms with Gasteiger partial charge < -0.3 is 4.52 Å². The topological polar surface area (TPSA) is 42.2 Å². The molecular formula is C18H23N3OS. The van der Waals surface area contributed by atoms with Crippen LogP contribution in [0.3, 0.4) is 0 Å². The van der Waals surface area contributed by atoms with Gasteiger partial charge in [0.2, 0.25) is 5.89 Å². The molecule has 1 aliphatic carbocycles. The van der Waals surface area contributed by atoms with Crippen LogP contribution in [0.1, 0.15) is 48.9 Å². The van der Waals surface area contributed by atoms with Crippen molar-refractivity contribution in [3.8, 4) is 0 Å². The lowest BCUT2D eigenvalue weighted by molar-refractivity contribution is 0.180. The summed E-state index contributed by atoms with van der Waals surface area (Å²) in [6, 6.07) is 10.7. The Labute approximate surface area is 141 Å². The van der Waals surface area contributed by atoms with Crippen LogP contribution < -0.4 is 0 Å². The number of piperidine rings is 1. The fourth-order valence-electron chi connectivity index (χ4n) is 3.46. The summed E-state index contributed by atoms with van der Waals surface area (Å²) in [5.41, 5.74) is 1.37. The number of hydrogen-bond acceptors (Lipinski definition) is 5. The largest absolute Gasteiger partial charge is 0.339 e. The molecule has 0 spiro atoms. The average Bonchev–Trinajstić information content (AvgIpc) is 3.24. The van der Waals surface area contributed by atoms with Crippen molar-refractivity contribution in [3.63, 3.8) is 0 Å². The maximum absolute atomic E-state index is 5.63. The zero-order valence-corrected chi connectivity index (χ0v) is 14.4. The normalized spacial score (nSPS) is 23.8. The van der Waals surface area contributed by atoms with Crippen molar-refractivity contribution in [2.75, 3.05) is 19.3 Å². The van der Waals surface area contributed by atoms with E-state index >= 15 is 0 Å². The highest BCUT2D eigenvalue weighted by Crippen LogP contribution is 2.54. The molecule has 1 saturated carbocycles. The van der Waals surface area contributed by atoms with E-state index in [-0.39, 0.29) is 4.75 Å². The minimum Gasteiger partial charge on any atom is -0.339 e. The highest BCUT2D eigenvalue weighted by atomic mass is 32.2. The third-order valence-corrected chi connectivity index (χ3v) is 6.42. The highest BCUT2D eigenvalue weighted by Gasteiger charge is 2.48. The molecule has 2 aromatic rings. The van der Waals surface area contributed by atoms with E-state index in [4.69, 9.17) is 9.51 Å². The van der Waals surface area contributed by atoms with Crippen molar-refractivity contribution in [1.29, 1.82) is 0 Å². The van der Waals surface area contributed by atoms with Crippen molar-refractivity contribution < 1.29 is 4.52 Å². The van der Waals surface area contributed by atoms with E-state index in [0.717, 1.165) is 37.8 Å². The van der Waals surface area contributed by atoms with Gasteiger partial charge >= 0.3 is 0 Å². The molecule has 1 atom stereocenters. The minimum atomic E-state index is 0.153. The Hall–Kier alpha value is -1.33. The van der Waals surface area contributed by atoms with E-state index in [0.29, 0.717) is 5.92 Å². The molecule has 122 valence electrons. The lowest BCUT2D eigenvalue weighted by Gasteiger charge is -2.30. The quantitative estimate of drug-likeness (QED) is 0.834. The lowest BCUT2D eigenvalue weighted by atomic mass is 9.97. The summed E-state index contributed by atoms with van der Waals surface area (Å²) in [6.07, 6.45) is 6.85. The molecule has 2 aliphatic rings. The first-order chi connectivity index (χ1) is 11.3. The summed E-state index contributed by atoms with van der Waals surface area (Å²) in [7, 11) is 0. The highest BCUT2D eigenvalue weighted by molar-refractivity contribution is 7.99. The molecule has 23 heavy (non-hydrogen) atoms. The number of aromatic nitrogens is 2. The number of rotatable bonds is 5.